The van der Waals surface area contributed by atoms with Crippen LogP contribution in [0.25, 0.3) is 0 Å². The summed E-state index contributed by atoms with van der Waals surface area (Å²) in [5, 5.41) is 8.49. The maximum absolute atomic E-state index is 11.3. The van der Waals surface area contributed by atoms with Crippen LogP contribution in [0.5, 0.6) is 0 Å². The van der Waals surface area contributed by atoms with E-state index >= 15 is 0 Å². The number of thioether (sulfide) groups is 1. The minimum atomic E-state index is -0.466. The molecule has 0 aromatic heterocycles. The summed E-state index contributed by atoms with van der Waals surface area (Å²) in [5.41, 5.74) is 5.16. The minimum absolute atomic E-state index is 0.0910. The van der Waals surface area contributed by atoms with Crippen LogP contribution in [0, 0.1) is 0 Å². The predicted molar refractivity (Wildman–Crippen MR) is 53.9 cm³/mol. The van der Waals surface area contributed by atoms with Gasteiger partial charge in [0.05, 0.1) is 0 Å². The van der Waals surface area contributed by atoms with Crippen LogP contribution in [0.15, 0.2) is 0 Å². The third-order valence-electron chi connectivity index (χ3n) is 2.11. The van der Waals surface area contributed by atoms with Crippen LogP contribution in [0.2, 0.25) is 0 Å². The monoisotopic (exact) mass is 218 g/mol. The molecule has 1 fully saturated rings. The first-order chi connectivity index (χ1) is 6.66. The lowest BCUT2D eigenvalue weighted by atomic mass is 10.2. The standard InChI is InChI=1S/C8H14N2O3S/c9-7(12)6-5-14-8(13)10(6)3-1-2-4-11/h6,11H,1-5H2,(H2,9,12)/t6-/m0/s1. The number of hydrogen-bond donors (Lipinski definition) is 2. The first-order valence-corrected chi connectivity index (χ1v) is 5.49. The number of primary amides is 1. The Bertz CT molecular complexity index is 235. The van der Waals surface area contributed by atoms with Crippen molar-refractivity contribution in [3.05, 3.63) is 0 Å². The van der Waals surface area contributed by atoms with Crippen LogP contribution in [0.4, 0.5) is 4.79 Å². The molecule has 5 nitrogen and oxygen atoms in total. The van der Waals surface area contributed by atoms with Crippen molar-refractivity contribution in [1.29, 1.82) is 0 Å². The average Bonchev–Trinajstić information content (AvgIpc) is 2.48. The van der Waals surface area contributed by atoms with Gasteiger partial charge in [-0.1, -0.05) is 11.8 Å². The van der Waals surface area contributed by atoms with Gasteiger partial charge < -0.3 is 15.7 Å². The highest BCUT2D eigenvalue weighted by atomic mass is 32.2. The van der Waals surface area contributed by atoms with Crippen LogP contribution < -0.4 is 5.73 Å². The molecule has 0 unspecified atom stereocenters. The number of rotatable bonds is 5. The number of aliphatic hydroxyl groups excluding tert-OH is 1. The summed E-state index contributed by atoms with van der Waals surface area (Å²) in [6.45, 7) is 0.608. The van der Waals surface area contributed by atoms with E-state index in [0.717, 1.165) is 11.8 Å². The third-order valence-corrected chi connectivity index (χ3v) is 3.07. The number of carbonyl (C=O) groups is 2. The number of nitrogens with two attached hydrogens (primary N) is 1. The molecule has 1 saturated heterocycles. The van der Waals surface area contributed by atoms with Gasteiger partial charge in [0, 0.05) is 18.9 Å². The summed E-state index contributed by atoms with van der Waals surface area (Å²) < 4.78 is 0. The van der Waals surface area contributed by atoms with E-state index in [2.05, 4.69) is 0 Å². The van der Waals surface area contributed by atoms with Crippen molar-refractivity contribution in [3.8, 4) is 0 Å². The molecule has 0 radical (unpaired) electrons. The smallest absolute Gasteiger partial charge is 0.282 e. The molecule has 1 heterocycles. The van der Waals surface area contributed by atoms with Crippen molar-refractivity contribution in [3.63, 3.8) is 0 Å². The highest BCUT2D eigenvalue weighted by molar-refractivity contribution is 8.13. The van der Waals surface area contributed by atoms with E-state index in [1.54, 1.807) is 0 Å². The third kappa shape index (κ3) is 2.62. The van der Waals surface area contributed by atoms with E-state index in [1.807, 2.05) is 0 Å². The van der Waals surface area contributed by atoms with Gasteiger partial charge in [0.2, 0.25) is 5.91 Å². The molecular formula is C8H14N2O3S. The number of unbranched alkanes of at least 4 members (excludes halogenated alkanes) is 1. The topological polar surface area (TPSA) is 83.6 Å². The maximum Gasteiger partial charge on any atom is 0.282 e. The fraction of sp³-hybridized carbons (Fsp3) is 0.750. The SMILES string of the molecule is NC(=O)[C@@H]1CSC(=O)N1CCCCO. The van der Waals surface area contributed by atoms with Crippen LogP contribution in [-0.2, 0) is 4.79 Å². The Balaban J connectivity index is 2.45. The van der Waals surface area contributed by atoms with Gasteiger partial charge in [0.1, 0.15) is 6.04 Å². The normalized spacial score (nSPS) is 21.6. The predicted octanol–water partition coefficient (Wildman–Crippen LogP) is -0.218. The second kappa shape index (κ2) is 5.21. The molecule has 1 aliphatic rings. The number of nitrogens with zero attached hydrogens (tertiary/aromatic N) is 1. The zero-order chi connectivity index (χ0) is 10.6. The van der Waals surface area contributed by atoms with E-state index < -0.39 is 11.9 Å². The Morgan fingerprint density at radius 1 is 1.64 bits per heavy atom. The lowest BCUT2D eigenvalue weighted by Gasteiger charge is -2.20. The van der Waals surface area contributed by atoms with Crippen molar-refractivity contribution in [2.45, 2.75) is 18.9 Å². The van der Waals surface area contributed by atoms with Crippen molar-refractivity contribution in [2.24, 2.45) is 5.73 Å². The highest BCUT2D eigenvalue weighted by Gasteiger charge is 2.34. The molecule has 3 N–H and O–H groups in total. The van der Waals surface area contributed by atoms with Gasteiger partial charge in [-0.15, -0.1) is 0 Å². The van der Waals surface area contributed by atoms with Crippen molar-refractivity contribution in [1.82, 2.24) is 4.90 Å². The summed E-state index contributed by atoms with van der Waals surface area (Å²) in [7, 11) is 0. The second-order valence-electron chi connectivity index (χ2n) is 3.12. The fourth-order valence-corrected chi connectivity index (χ4v) is 2.36. The van der Waals surface area contributed by atoms with Crippen LogP contribution >= 0.6 is 11.8 Å². The number of carbonyl (C=O) groups excluding carboxylic acids is 2. The Morgan fingerprint density at radius 3 is 2.93 bits per heavy atom. The van der Waals surface area contributed by atoms with E-state index in [0.29, 0.717) is 25.1 Å². The Kier molecular flexibility index (Phi) is 4.21. The first-order valence-electron chi connectivity index (χ1n) is 4.50. The summed E-state index contributed by atoms with van der Waals surface area (Å²) in [5.74, 6) is 0.000149. The molecule has 0 spiro atoms. The summed E-state index contributed by atoms with van der Waals surface area (Å²) in [4.78, 5) is 23.7. The van der Waals surface area contributed by atoms with E-state index in [-0.39, 0.29) is 11.8 Å². The zero-order valence-corrected chi connectivity index (χ0v) is 8.63. The molecular weight excluding hydrogens is 204 g/mol. The van der Waals surface area contributed by atoms with Gasteiger partial charge in [-0.2, -0.15) is 0 Å². The molecule has 2 amide bonds. The van der Waals surface area contributed by atoms with Gasteiger partial charge in [-0.25, -0.2) is 0 Å². The first kappa shape index (κ1) is 11.3. The zero-order valence-electron chi connectivity index (χ0n) is 7.81. The van der Waals surface area contributed by atoms with E-state index in [1.165, 1.54) is 4.90 Å². The van der Waals surface area contributed by atoms with Crippen molar-refractivity contribution >= 4 is 22.9 Å². The van der Waals surface area contributed by atoms with Crippen LogP contribution in [-0.4, -0.2) is 46.1 Å². The number of amides is 2. The molecule has 80 valence electrons. The molecule has 0 saturated carbocycles. The molecule has 1 rings (SSSR count). The van der Waals surface area contributed by atoms with Gasteiger partial charge in [-0.05, 0) is 12.8 Å². The van der Waals surface area contributed by atoms with Crippen molar-refractivity contribution < 1.29 is 14.7 Å². The Labute approximate surface area is 86.6 Å². The molecule has 14 heavy (non-hydrogen) atoms. The lowest BCUT2D eigenvalue weighted by molar-refractivity contribution is -0.121. The second-order valence-corrected chi connectivity index (χ2v) is 4.09. The molecule has 0 bridgehead atoms. The van der Waals surface area contributed by atoms with Gasteiger partial charge in [-0.3, -0.25) is 9.59 Å². The van der Waals surface area contributed by atoms with Crippen LogP contribution in [0.3, 0.4) is 0 Å². The van der Waals surface area contributed by atoms with E-state index in [9.17, 15) is 9.59 Å². The van der Waals surface area contributed by atoms with Gasteiger partial charge in [0.25, 0.3) is 5.24 Å². The van der Waals surface area contributed by atoms with E-state index in [4.69, 9.17) is 10.8 Å². The molecule has 1 atom stereocenters. The Hall–Kier alpha value is -0.750. The van der Waals surface area contributed by atoms with Gasteiger partial charge >= 0.3 is 0 Å². The summed E-state index contributed by atoms with van der Waals surface area (Å²) in [6, 6.07) is -0.466. The average molecular weight is 218 g/mol. The molecule has 0 aromatic rings. The molecule has 1 aliphatic heterocycles. The van der Waals surface area contributed by atoms with Crippen LogP contribution in [0.1, 0.15) is 12.8 Å². The lowest BCUT2D eigenvalue weighted by Crippen LogP contribution is -2.43. The molecule has 0 aromatic carbocycles. The van der Waals surface area contributed by atoms with Crippen molar-refractivity contribution in [2.75, 3.05) is 18.9 Å². The summed E-state index contributed by atoms with van der Waals surface area (Å²) >= 11 is 1.12. The molecule has 6 heteroatoms. The summed E-state index contributed by atoms with van der Waals surface area (Å²) in [6.07, 6.45) is 1.34. The maximum atomic E-state index is 11.3. The van der Waals surface area contributed by atoms with Gasteiger partial charge in [0.15, 0.2) is 0 Å². The largest absolute Gasteiger partial charge is 0.396 e. The number of aliphatic hydroxyl groups is 1. The minimum Gasteiger partial charge on any atom is -0.396 e. The quantitative estimate of drug-likeness (QED) is 0.625. The highest BCUT2D eigenvalue weighted by Crippen LogP contribution is 2.23. The molecule has 0 aliphatic carbocycles. The fourth-order valence-electron chi connectivity index (χ4n) is 1.33. The Morgan fingerprint density at radius 2 is 2.36 bits per heavy atom. The number of hydrogen-bond acceptors (Lipinski definition) is 4.